The van der Waals surface area contributed by atoms with Crippen molar-refractivity contribution in [1.29, 1.82) is 0 Å². The molecular formula is C13H24N2O2. The third-order valence-corrected chi connectivity index (χ3v) is 4.19. The van der Waals surface area contributed by atoms with E-state index in [1.165, 1.54) is 0 Å². The molecular weight excluding hydrogens is 216 g/mol. The van der Waals surface area contributed by atoms with E-state index in [0.29, 0.717) is 12.3 Å². The first-order valence-corrected chi connectivity index (χ1v) is 6.82. The Balaban J connectivity index is 1.63. The Kier molecular flexibility index (Phi) is 4.40. The van der Waals surface area contributed by atoms with E-state index >= 15 is 0 Å². The molecule has 0 aromatic rings. The van der Waals surface area contributed by atoms with Crippen LogP contribution in [0.15, 0.2) is 0 Å². The molecule has 1 saturated carbocycles. The van der Waals surface area contributed by atoms with Crippen LogP contribution in [-0.4, -0.2) is 37.3 Å². The predicted molar refractivity (Wildman–Crippen MR) is 66.6 cm³/mol. The average molecular weight is 240 g/mol. The molecule has 0 aromatic heterocycles. The van der Waals surface area contributed by atoms with E-state index in [0.717, 1.165) is 51.7 Å². The van der Waals surface area contributed by atoms with Crippen LogP contribution >= 0.6 is 0 Å². The molecule has 1 aliphatic heterocycles. The fourth-order valence-electron chi connectivity index (χ4n) is 2.64. The standard InChI is InChI=1S/C13H24N2O2/c16-8-5-13(3-4-13)10-15-12(17)9-11-1-6-14-7-2-11/h11,14,16H,1-10H2,(H,15,17). The number of rotatable bonds is 6. The molecule has 98 valence electrons. The van der Waals surface area contributed by atoms with Crippen molar-refractivity contribution in [3.05, 3.63) is 0 Å². The Morgan fingerprint density at radius 1 is 1.35 bits per heavy atom. The molecule has 2 rings (SSSR count). The van der Waals surface area contributed by atoms with Crippen LogP contribution in [0.2, 0.25) is 0 Å². The molecule has 0 atom stereocenters. The summed E-state index contributed by atoms with van der Waals surface area (Å²) in [4.78, 5) is 11.8. The van der Waals surface area contributed by atoms with Crippen molar-refractivity contribution < 1.29 is 9.90 Å². The van der Waals surface area contributed by atoms with Gasteiger partial charge >= 0.3 is 0 Å². The molecule has 1 saturated heterocycles. The second kappa shape index (κ2) is 5.83. The summed E-state index contributed by atoms with van der Waals surface area (Å²) in [5.74, 6) is 0.755. The van der Waals surface area contributed by atoms with Gasteiger partial charge in [0.2, 0.25) is 5.91 Å². The van der Waals surface area contributed by atoms with Crippen LogP contribution in [-0.2, 0) is 4.79 Å². The molecule has 1 amide bonds. The summed E-state index contributed by atoms with van der Waals surface area (Å²) in [5.41, 5.74) is 0.235. The molecule has 1 heterocycles. The van der Waals surface area contributed by atoms with Crippen LogP contribution in [0.25, 0.3) is 0 Å². The van der Waals surface area contributed by atoms with Gasteiger partial charge in [-0.1, -0.05) is 0 Å². The number of aliphatic hydroxyl groups is 1. The average Bonchev–Trinajstić information content (AvgIpc) is 3.09. The molecule has 0 spiro atoms. The van der Waals surface area contributed by atoms with Gasteiger partial charge in [0.15, 0.2) is 0 Å². The van der Waals surface area contributed by atoms with Gasteiger partial charge in [-0.05, 0) is 56.5 Å². The van der Waals surface area contributed by atoms with E-state index in [2.05, 4.69) is 10.6 Å². The lowest BCUT2D eigenvalue weighted by Crippen LogP contribution is -2.34. The molecule has 2 fully saturated rings. The van der Waals surface area contributed by atoms with Gasteiger partial charge in [-0.25, -0.2) is 0 Å². The molecule has 0 radical (unpaired) electrons. The van der Waals surface area contributed by atoms with Crippen LogP contribution in [0.1, 0.15) is 38.5 Å². The van der Waals surface area contributed by atoms with E-state index in [1.807, 2.05) is 0 Å². The van der Waals surface area contributed by atoms with Gasteiger partial charge < -0.3 is 15.7 Å². The van der Waals surface area contributed by atoms with Gasteiger partial charge in [-0.2, -0.15) is 0 Å². The number of aliphatic hydroxyl groups excluding tert-OH is 1. The van der Waals surface area contributed by atoms with Crippen molar-refractivity contribution in [3.63, 3.8) is 0 Å². The van der Waals surface area contributed by atoms with Gasteiger partial charge in [0, 0.05) is 19.6 Å². The van der Waals surface area contributed by atoms with Gasteiger partial charge in [0.1, 0.15) is 0 Å². The van der Waals surface area contributed by atoms with Crippen molar-refractivity contribution in [2.24, 2.45) is 11.3 Å². The van der Waals surface area contributed by atoms with Gasteiger partial charge in [0.25, 0.3) is 0 Å². The molecule has 3 N–H and O–H groups in total. The van der Waals surface area contributed by atoms with Crippen molar-refractivity contribution in [1.82, 2.24) is 10.6 Å². The molecule has 4 nitrogen and oxygen atoms in total. The van der Waals surface area contributed by atoms with Gasteiger partial charge in [0.05, 0.1) is 0 Å². The monoisotopic (exact) mass is 240 g/mol. The number of hydrogen-bond donors (Lipinski definition) is 3. The normalized spacial score (nSPS) is 23.4. The van der Waals surface area contributed by atoms with E-state index in [-0.39, 0.29) is 17.9 Å². The highest BCUT2D eigenvalue weighted by molar-refractivity contribution is 5.76. The number of carbonyl (C=O) groups excluding carboxylic acids is 1. The summed E-state index contributed by atoms with van der Waals surface area (Å²) in [6.45, 7) is 3.10. The van der Waals surface area contributed by atoms with Crippen molar-refractivity contribution in [2.75, 3.05) is 26.2 Å². The van der Waals surface area contributed by atoms with Crippen molar-refractivity contribution in [3.8, 4) is 0 Å². The number of amides is 1. The van der Waals surface area contributed by atoms with Gasteiger partial charge in [-0.3, -0.25) is 4.79 Å². The zero-order valence-electron chi connectivity index (χ0n) is 10.5. The minimum absolute atomic E-state index is 0.195. The Labute approximate surface area is 103 Å². The number of carbonyl (C=O) groups is 1. The van der Waals surface area contributed by atoms with E-state index in [4.69, 9.17) is 5.11 Å². The van der Waals surface area contributed by atoms with Crippen molar-refractivity contribution >= 4 is 5.91 Å². The van der Waals surface area contributed by atoms with Crippen LogP contribution in [0.5, 0.6) is 0 Å². The molecule has 0 aromatic carbocycles. The summed E-state index contributed by atoms with van der Waals surface area (Å²) < 4.78 is 0. The predicted octanol–water partition coefficient (Wildman–Crippen LogP) is 0.655. The summed E-state index contributed by atoms with van der Waals surface area (Å²) in [5, 5.41) is 15.3. The lowest BCUT2D eigenvalue weighted by Gasteiger charge is -2.22. The third kappa shape index (κ3) is 3.96. The van der Waals surface area contributed by atoms with Gasteiger partial charge in [-0.15, -0.1) is 0 Å². The lowest BCUT2D eigenvalue weighted by atomic mass is 9.94. The second-order valence-corrected chi connectivity index (χ2v) is 5.65. The first-order valence-electron chi connectivity index (χ1n) is 6.82. The Morgan fingerprint density at radius 3 is 2.65 bits per heavy atom. The van der Waals surface area contributed by atoms with E-state index < -0.39 is 0 Å². The number of nitrogens with one attached hydrogen (secondary N) is 2. The third-order valence-electron chi connectivity index (χ3n) is 4.19. The zero-order chi connectivity index (χ0) is 12.1. The summed E-state index contributed by atoms with van der Waals surface area (Å²) in [7, 11) is 0. The first-order chi connectivity index (χ1) is 8.24. The van der Waals surface area contributed by atoms with Crippen molar-refractivity contribution in [2.45, 2.75) is 38.5 Å². The SMILES string of the molecule is O=C(CC1CCNCC1)NCC1(CCO)CC1. The smallest absolute Gasteiger partial charge is 0.220 e. The topological polar surface area (TPSA) is 61.4 Å². The fraction of sp³-hybridized carbons (Fsp3) is 0.923. The number of hydrogen-bond acceptors (Lipinski definition) is 3. The molecule has 17 heavy (non-hydrogen) atoms. The van der Waals surface area contributed by atoms with E-state index in [1.54, 1.807) is 0 Å². The fourth-order valence-corrected chi connectivity index (χ4v) is 2.64. The molecule has 1 aliphatic carbocycles. The first kappa shape index (κ1) is 12.8. The zero-order valence-corrected chi connectivity index (χ0v) is 10.5. The highest BCUT2D eigenvalue weighted by Crippen LogP contribution is 2.47. The highest BCUT2D eigenvalue weighted by atomic mass is 16.3. The second-order valence-electron chi connectivity index (χ2n) is 5.65. The van der Waals surface area contributed by atoms with Crippen LogP contribution < -0.4 is 10.6 Å². The molecule has 0 unspecified atom stereocenters. The van der Waals surface area contributed by atoms with Crippen LogP contribution in [0.3, 0.4) is 0 Å². The maximum absolute atomic E-state index is 11.8. The maximum atomic E-state index is 11.8. The van der Waals surface area contributed by atoms with Crippen LogP contribution in [0, 0.1) is 11.3 Å². The molecule has 0 bridgehead atoms. The maximum Gasteiger partial charge on any atom is 0.220 e. The summed E-state index contributed by atoms with van der Waals surface area (Å²) in [6.07, 6.45) is 6.06. The quantitative estimate of drug-likeness (QED) is 0.639. The Hall–Kier alpha value is -0.610. The largest absolute Gasteiger partial charge is 0.396 e. The molecule has 2 aliphatic rings. The van der Waals surface area contributed by atoms with Crippen LogP contribution in [0.4, 0.5) is 0 Å². The highest BCUT2D eigenvalue weighted by Gasteiger charge is 2.41. The van der Waals surface area contributed by atoms with E-state index in [9.17, 15) is 4.79 Å². The Morgan fingerprint density at radius 2 is 2.06 bits per heavy atom. The lowest BCUT2D eigenvalue weighted by molar-refractivity contribution is -0.122. The summed E-state index contributed by atoms with van der Waals surface area (Å²) in [6, 6.07) is 0. The summed E-state index contributed by atoms with van der Waals surface area (Å²) >= 11 is 0. The number of piperidine rings is 1. The minimum Gasteiger partial charge on any atom is -0.396 e. The Bertz CT molecular complexity index is 258. The minimum atomic E-state index is 0.195. The molecule has 4 heteroatoms.